The third-order valence-electron chi connectivity index (χ3n) is 3.13. The summed E-state index contributed by atoms with van der Waals surface area (Å²) in [4.78, 5) is 2.39. The van der Waals surface area contributed by atoms with E-state index in [0.717, 1.165) is 0 Å². The fraction of sp³-hybridized carbons (Fsp3) is 1.00. The summed E-state index contributed by atoms with van der Waals surface area (Å²) in [6, 6.07) is 0.424. The molecule has 58 valence electrons. The second-order valence-corrected chi connectivity index (χ2v) is 3.60. The highest BCUT2D eigenvalue weighted by atomic mass is 16.3. The molecule has 0 saturated carbocycles. The van der Waals surface area contributed by atoms with E-state index in [-0.39, 0.29) is 6.10 Å². The van der Waals surface area contributed by atoms with Crippen LogP contribution in [0.3, 0.4) is 0 Å². The number of piperidine rings is 3. The molecule has 1 N–H and O–H groups in total. The second-order valence-electron chi connectivity index (χ2n) is 3.60. The van der Waals surface area contributed by atoms with E-state index in [2.05, 4.69) is 11.8 Å². The Morgan fingerprint density at radius 1 is 1.30 bits per heavy atom. The third kappa shape index (κ3) is 0.789. The molecule has 3 rings (SSSR count). The lowest BCUT2D eigenvalue weighted by molar-refractivity contribution is -0.0646. The third-order valence-corrected chi connectivity index (χ3v) is 3.13. The zero-order valence-corrected chi connectivity index (χ0v) is 6.45. The van der Waals surface area contributed by atoms with Crippen molar-refractivity contribution in [2.75, 3.05) is 13.1 Å². The van der Waals surface area contributed by atoms with Gasteiger partial charge in [-0.15, -0.1) is 0 Å². The van der Waals surface area contributed by atoms with Crippen LogP contribution in [-0.2, 0) is 0 Å². The summed E-state index contributed by atoms with van der Waals surface area (Å²) in [6.45, 7) is 4.56. The van der Waals surface area contributed by atoms with Crippen molar-refractivity contribution >= 4 is 0 Å². The van der Waals surface area contributed by atoms with Gasteiger partial charge in [-0.25, -0.2) is 0 Å². The number of rotatable bonds is 0. The van der Waals surface area contributed by atoms with Crippen LogP contribution in [0.25, 0.3) is 0 Å². The Bertz CT molecular complexity index is 109. The van der Waals surface area contributed by atoms with Gasteiger partial charge in [0.1, 0.15) is 0 Å². The fourth-order valence-electron chi connectivity index (χ4n) is 2.28. The zero-order valence-electron chi connectivity index (χ0n) is 6.45. The molecule has 0 spiro atoms. The normalized spacial score (nSPS) is 53.4. The minimum Gasteiger partial charge on any atom is -0.391 e. The van der Waals surface area contributed by atoms with E-state index in [1.807, 2.05) is 0 Å². The van der Waals surface area contributed by atoms with Crippen LogP contribution in [-0.4, -0.2) is 35.2 Å². The van der Waals surface area contributed by atoms with Crippen LogP contribution in [0.1, 0.15) is 19.8 Å². The smallest absolute Gasteiger partial charge is 0.0721 e. The van der Waals surface area contributed by atoms with E-state index < -0.39 is 0 Å². The molecule has 0 amide bonds. The predicted molar refractivity (Wildman–Crippen MR) is 39.8 cm³/mol. The maximum absolute atomic E-state index is 9.63. The Hall–Kier alpha value is -0.0800. The maximum atomic E-state index is 9.63. The SMILES string of the molecule is C[C@@H]1[C@H](O)C2CCN1CC2. The van der Waals surface area contributed by atoms with Gasteiger partial charge >= 0.3 is 0 Å². The van der Waals surface area contributed by atoms with E-state index in [1.54, 1.807) is 0 Å². The quantitative estimate of drug-likeness (QED) is 0.530. The largest absolute Gasteiger partial charge is 0.391 e. The molecule has 0 aromatic carbocycles. The predicted octanol–water partition coefficient (Wildman–Crippen LogP) is 0.461. The molecule has 0 radical (unpaired) electrons. The van der Waals surface area contributed by atoms with Crippen LogP contribution in [0, 0.1) is 5.92 Å². The van der Waals surface area contributed by atoms with Crippen LogP contribution in [0.15, 0.2) is 0 Å². The first-order chi connectivity index (χ1) is 4.79. The molecule has 2 heteroatoms. The molecule has 3 aliphatic rings. The lowest BCUT2D eigenvalue weighted by atomic mass is 9.81. The molecule has 10 heavy (non-hydrogen) atoms. The topological polar surface area (TPSA) is 23.5 Å². The highest BCUT2D eigenvalue weighted by Crippen LogP contribution is 2.31. The lowest BCUT2D eigenvalue weighted by Crippen LogP contribution is -2.56. The van der Waals surface area contributed by atoms with Gasteiger partial charge in [-0.3, -0.25) is 4.90 Å². The highest BCUT2D eigenvalue weighted by Gasteiger charge is 2.38. The summed E-state index contributed by atoms with van der Waals surface area (Å²) in [5, 5.41) is 9.63. The molecule has 2 bridgehead atoms. The molecular weight excluding hydrogens is 126 g/mol. The number of nitrogens with zero attached hydrogens (tertiary/aromatic N) is 1. The molecule has 2 nitrogen and oxygen atoms in total. The van der Waals surface area contributed by atoms with E-state index in [0.29, 0.717) is 12.0 Å². The van der Waals surface area contributed by atoms with Crippen molar-refractivity contribution in [3.05, 3.63) is 0 Å². The Labute approximate surface area is 61.8 Å². The van der Waals surface area contributed by atoms with Gasteiger partial charge in [0.2, 0.25) is 0 Å². The van der Waals surface area contributed by atoms with E-state index in [9.17, 15) is 5.11 Å². The van der Waals surface area contributed by atoms with E-state index >= 15 is 0 Å². The van der Waals surface area contributed by atoms with Crippen LogP contribution >= 0.6 is 0 Å². The number of aliphatic hydroxyl groups excluding tert-OH is 1. The first kappa shape index (κ1) is 6.62. The van der Waals surface area contributed by atoms with Gasteiger partial charge in [0.15, 0.2) is 0 Å². The molecule has 0 aliphatic carbocycles. The first-order valence-corrected chi connectivity index (χ1v) is 4.21. The molecule has 0 aromatic rings. The Morgan fingerprint density at radius 2 is 1.90 bits per heavy atom. The highest BCUT2D eigenvalue weighted by molar-refractivity contribution is 4.91. The van der Waals surface area contributed by atoms with Gasteiger partial charge in [0.05, 0.1) is 6.10 Å². The number of hydrogen-bond donors (Lipinski definition) is 1. The molecular formula is C8H15NO. The maximum Gasteiger partial charge on any atom is 0.0721 e. The van der Waals surface area contributed by atoms with Gasteiger partial charge in [-0.05, 0) is 38.8 Å². The fourth-order valence-corrected chi connectivity index (χ4v) is 2.28. The number of fused-ring (bicyclic) bond motifs is 3. The standard InChI is InChI=1S/C8H15NO/c1-6-8(10)7-2-4-9(6)5-3-7/h6-8,10H,2-5H2,1H3/t6-,8+/m1/s1. The molecule has 0 unspecified atom stereocenters. The van der Waals surface area contributed by atoms with Crippen molar-refractivity contribution < 1.29 is 5.11 Å². The second kappa shape index (κ2) is 2.21. The van der Waals surface area contributed by atoms with Gasteiger partial charge in [-0.1, -0.05) is 0 Å². The monoisotopic (exact) mass is 141 g/mol. The molecule has 3 aliphatic heterocycles. The van der Waals surface area contributed by atoms with E-state index in [1.165, 1.54) is 25.9 Å². The van der Waals surface area contributed by atoms with Crippen molar-refractivity contribution in [3.63, 3.8) is 0 Å². The first-order valence-electron chi connectivity index (χ1n) is 4.21. The van der Waals surface area contributed by atoms with Crippen molar-refractivity contribution in [2.24, 2.45) is 5.92 Å². The van der Waals surface area contributed by atoms with Gasteiger partial charge in [0.25, 0.3) is 0 Å². The van der Waals surface area contributed by atoms with Crippen LogP contribution in [0.5, 0.6) is 0 Å². The number of hydrogen-bond acceptors (Lipinski definition) is 2. The van der Waals surface area contributed by atoms with Crippen LogP contribution in [0.4, 0.5) is 0 Å². The zero-order chi connectivity index (χ0) is 7.14. The minimum atomic E-state index is -0.0394. The van der Waals surface area contributed by atoms with Crippen molar-refractivity contribution in [2.45, 2.75) is 31.9 Å². The van der Waals surface area contributed by atoms with E-state index in [4.69, 9.17) is 0 Å². The van der Waals surface area contributed by atoms with Crippen molar-refractivity contribution in [3.8, 4) is 0 Å². The summed E-state index contributed by atoms with van der Waals surface area (Å²) in [5.41, 5.74) is 0. The van der Waals surface area contributed by atoms with Crippen LogP contribution < -0.4 is 0 Å². The van der Waals surface area contributed by atoms with Crippen LogP contribution in [0.2, 0.25) is 0 Å². The summed E-state index contributed by atoms with van der Waals surface area (Å²) in [7, 11) is 0. The molecule has 3 saturated heterocycles. The van der Waals surface area contributed by atoms with Crippen molar-refractivity contribution in [1.29, 1.82) is 0 Å². The molecule has 3 heterocycles. The average molecular weight is 141 g/mol. The Kier molecular flexibility index (Phi) is 1.46. The Morgan fingerprint density at radius 3 is 2.20 bits per heavy atom. The Balaban J connectivity index is 2.13. The van der Waals surface area contributed by atoms with Gasteiger partial charge in [0, 0.05) is 6.04 Å². The molecule has 0 aromatic heterocycles. The van der Waals surface area contributed by atoms with Gasteiger partial charge < -0.3 is 5.11 Å². The summed E-state index contributed by atoms with van der Waals surface area (Å²) in [6.07, 6.45) is 2.39. The summed E-state index contributed by atoms with van der Waals surface area (Å²) in [5.74, 6) is 0.611. The average Bonchev–Trinajstić information content (AvgIpc) is 2.00. The molecule has 2 atom stereocenters. The summed E-state index contributed by atoms with van der Waals surface area (Å²) < 4.78 is 0. The minimum absolute atomic E-state index is 0.0394. The van der Waals surface area contributed by atoms with Gasteiger partial charge in [-0.2, -0.15) is 0 Å². The molecule has 3 fully saturated rings. The van der Waals surface area contributed by atoms with Crippen molar-refractivity contribution in [1.82, 2.24) is 4.90 Å². The lowest BCUT2D eigenvalue weighted by Gasteiger charge is -2.47. The summed E-state index contributed by atoms with van der Waals surface area (Å²) >= 11 is 0. The number of aliphatic hydroxyl groups is 1.